The van der Waals surface area contributed by atoms with E-state index in [2.05, 4.69) is 0 Å². The molecule has 1 fully saturated rings. The Balaban J connectivity index is 2.12. The summed E-state index contributed by atoms with van der Waals surface area (Å²) in [5, 5.41) is 1.03. The molecule has 7 heteroatoms. The van der Waals surface area contributed by atoms with Crippen LogP contribution in [0.5, 0.6) is 0 Å². The fraction of sp³-hybridized carbons (Fsp3) is 0.400. The van der Waals surface area contributed by atoms with E-state index in [9.17, 15) is 13.2 Å². The van der Waals surface area contributed by atoms with Gasteiger partial charge in [-0.3, -0.25) is 4.79 Å². The van der Waals surface area contributed by atoms with Crippen molar-refractivity contribution in [1.82, 2.24) is 4.90 Å². The molecular weight excluding hydrogens is 345 g/mol. The third-order valence-electron chi connectivity index (χ3n) is 3.64. The Morgan fingerprint density at radius 1 is 1.41 bits per heavy atom. The number of hydrogen-bond donors (Lipinski definition) is 0. The summed E-state index contributed by atoms with van der Waals surface area (Å²) in [5.74, 6) is -0.0375. The molecule has 120 valence electrons. The molecule has 0 N–H and O–H groups in total. The van der Waals surface area contributed by atoms with Crippen molar-refractivity contribution < 1.29 is 13.2 Å². The lowest BCUT2D eigenvalue weighted by atomic mass is 10.2. The summed E-state index contributed by atoms with van der Waals surface area (Å²) < 4.78 is 23.1. The second-order valence-corrected chi connectivity index (χ2v) is 8.25. The number of nitrogens with zero attached hydrogens (tertiary/aromatic N) is 1. The highest BCUT2D eigenvalue weighted by Crippen LogP contribution is 2.22. The van der Waals surface area contributed by atoms with Crippen LogP contribution in [0, 0.1) is 0 Å². The van der Waals surface area contributed by atoms with Gasteiger partial charge >= 0.3 is 0 Å². The molecule has 1 amide bonds. The van der Waals surface area contributed by atoms with Gasteiger partial charge in [0.1, 0.15) is 0 Å². The number of amides is 1. The predicted octanol–water partition coefficient (Wildman–Crippen LogP) is 3.04. The van der Waals surface area contributed by atoms with Crippen molar-refractivity contribution in [3.05, 3.63) is 39.9 Å². The Morgan fingerprint density at radius 2 is 2.14 bits per heavy atom. The maximum Gasteiger partial charge on any atom is 0.246 e. The molecule has 0 spiro atoms. The van der Waals surface area contributed by atoms with Gasteiger partial charge in [0.15, 0.2) is 9.84 Å². The summed E-state index contributed by atoms with van der Waals surface area (Å²) >= 11 is 11.9. The minimum absolute atomic E-state index is 0.0400. The van der Waals surface area contributed by atoms with Gasteiger partial charge in [-0.05, 0) is 43.2 Å². The molecule has 0 aliphatic carbocycles. The molecule has 0 saturated carbocycles. The molecule has 4 nitrogen and oxygen atoms in total. The van der Waals surface area contributed by atoms with Crippen LogP contribution in [0.25, 0.3) is 6.08 Å². The molecule has 0 radical (unpaired) electrons. The van der Waals surface area contributed by atoms with E-state index in [0.717, 1.165) is 0 Å². The third kappa shape index (κ3) is 4.24. The molecule has 1 aromatic rings. The Kier molecular flexibility index (Phi) is 5.53. The molecule has 1 saturated heterocycles. The van der Waals surface area contributed by atoms with Crippen molar-refractivity contribution in [3.8, 4) is 0 Å². The summed E-state index contributed by atoms with van der Waals surface area (Å²) in [6.45, 7) is 2.30. The normalized spacial score (nSPS) is 20.4. The molecule has 1 atom stereocenters. The van der Waals surface area contributed by atoms with E-state index in [0.29, 0.717) is 28.6 Å². The quantitative estimate of drug-likeness (QED) is 0.774. The molecule has 22 heavy (non-hydrogen) atoms. The fourth-order valence-corrected chi connectivity index (χ4v) is 4.61. The van der Waals surface area contributed by atoms with Crippen LogP contribution in [0.3, 0.4) is 0 Å². The van der Waals surface area contributed by atoms with E-state index in [1.165, 1.54) is 6.08 Å². The smallest absolute Gasteiger partial charge is 0.246 e. The highest BCUT2D eigenvalue weighted by Gasteiger charge is 2.33. The lowest BCUT2D eigenvalue weighted by Gasteiger charge is -2.25. The van der Waals surface area contributed by atoms with Gasteiger partial charge < -0.3 is 4.90 Å². The average molecular weight is 362 g/mol. The molecule has 1 heterocycles. The zero-order valence-electron chi connectivity index (χ0n) is 12.1. The van der Waals surface area contributed by atoms with Crippen LogP contribution in [0.4, 0.5) is 0 Å². The maximum absolute atomic E-state index is 12.3. The van der Waals surface area contributed by atoms with Crippen molar-refractivity contribution >= 4 is 45.0 Å². The van der Waals surface area contributed by atoms with Crippen molar-refractivity contribution in [3.63, 3.8) is 0 Å². The van der Waals surface area contributed by atoms with E-state index >= 15 is 0 Å². The number of carbonyl (C=O) groups excluding carboxylic acids is 1. The minimum Gasteiger partial charge on any atom is -0.335 e. The van der Waals surface area contributed by atoms with Crippen LogP contribution in [0.2, 0.25) is 10.0 Å². The fourth-order valence-electron chi connectivity index (χ4n) is 2.51. The summed E-state index contributed by atoms with van der Waals surface area (Å²) in [6, 6.07) is 4.76. The number of rotatable bonds is 4. The Labute approximate surface area is 140 Å². The standard InChI is InChI=1S/C15H17Cl2NO3S/c1-2-18(13-7-8-22(20,21)10-13)15(19)6-3-11-9-12(16)4-5-14(11)17/h3-6,9,13H,2,7-8,10H2,1H3. The molecular formula is C15H17Cl2NO3S. The molecule has 0 bridgehead atoms. The van der Waals surface area contributed by atoms with Gasteiger partial charge in [0.05, 0.1) is 11.5 Å². The second kappa shape index (κ2) is 7.02. The van der Waals surface area contributed by atoms with Gasteiger partial charge in [-0.2, -0.15) is 0 Å². The van der Waals surface area contributed by atoms with Crippen molar-refractivity contribution in [2.24, 2.45) is 0 Å². The molecule has 2 rings (SSSR count). The van der Waals surface area contributed by atoms with Crippen molar-refractivity contribution in [2.45, 2.75) is 19.4 Å². The predicted molar refractivity (Wildman–Crippen MR) is 89.9 cm³/mol. The number of benzene rings is 1. The van der Waals surface area contributed by atoms with Gasteiger partial charge in [0.2, 0.25) is 5.91 Å². The number of hydrogen-bond acceptors (Lipinski definition) is 3. The zero-order chi connectivity index (χ0) is 16.3. The number of halogens is 2. The van der Waals surface area contributed by atoms with Crippen LogP contribution < -0.4 is 0 Å². The summed E-state index contributed by atoms with van der Waals surface area (Å²) in [4.78, 5) is 13.9. The first kappa shape index (κ1) is 17.3. The van der Waals surface area contributed by atoms with Gasteiger partial charge in [-0.1, -0.05) is 23.2 Å². The average Bonchev–Trinajstić information content (AvgIpc) is 2.80. The number of carbonyl (C=O) groups is 1. The lowest BCUT2D eigenvalue weighted by molar-refractivity contribution is -0.127. The first-order valence-electron chi connectivity index (χ1n) is 6.96. The minimum atomic E-state index is -3.02. The lowest BCUT2D eigenvalue weighted by Crippen LogP contribution is -2.40. The Bertz CT molecular complexity index is 701. The summed E-state index contributed by atoms with van der Waals surface area (Å²) in [6.07, 6.45) is 3.50. The van der Waals surface area contributed by atoms with E-state index in [4.69, 9.17) is 23.2 Å². The first-order valence-corrected chi connectivity index (χ1v) is 9.54. The van der Waals surface area contributed by atoms with E-state index in [-0.39, 0.29) is 23.5 Å². The molecule has 1 unspecified atom stereocenters. The zero-order valence-corrected chi connectivity index (χ0v) is 14.5. The van der Waals surface area contributed by atoms with Gasteiger partial charge in [0, 0.05) is 28.7 Å². The molecule has 0 aromatic heterocycles. The summed E-state index contributed by atoms with van der Waals surface area (Å²) in [7, 11) is -3.02. The highest BCUT2D eigenvalue weighted by atomic mass is 35.5. The van der Waals surface area contributed by atoms with Gasteiger partial charge in [-0.15, -0.1) is 0 Å². The van der Waals surface area contributed by atoms with Gasteiger partial charge in [-0.25, -0.2) is 8.42 Å². The van der Waals surface area contributed by atoms with Crippen LogP contribution in [0.1, 0.15) is 18.9 Å². The van der Waals surface area contributed by atoms with E-state index in [1.807, 2.05) is 6.92 Å². The van der Waals surface area contributed by atoms with Crippen LogP contribution in [-0.4, -0.2) is 43.3 Å². The maximum atomic E-state index is 12.3. The number of sulfone groups is 1. The topological polar surface area (TPSA) is 54.5 Å². The molecule has 1 aromatic carbocycles. The SMILES string of the molecule is CCN(C(=O)C=Cc1cc(Cl)ccc1Cl)C1CCS(=O)(=O)C1. The van der Waals surface area contributed by atoms with Crippen molar-refractivity contribution in [2.75, 3.05) is 18.1 Å². The van der Waals surface area contributed by atoms with Gasteiger partial charge in [0.25, 0.3) is 0 Å². The largest absolute Gasteiger partial charge is 0.335 e. The molecule has 1 aliphatic heterocycles. The van der Waals surface area contributed by atoms with Crippen LogP contribution >= 0.6 is 23.2 Å². The molecule has 1 aliphatic rings. The Hall–Kier alpha value is -1.04. The monoisotopic (exact) mass is 361 g/mol. The van der Waals surface area contributed by atoms with Crippen molar-refractivity contribution in [1.29, 1.82) is 0 Å². The van der Waals surface area contributed by atoms with Crippen LogP contribution in [0.15, 0.2) is 24.3 Å². The second-order valence-electron chi connectivity index (χ2n) is 5.18. The highest BCUT2D eigenvalue weighted by molar-refractivity contribution is 7.91. The number of likely N-dealkylation sites (N-methyl/N-ethyl adjacent to an activating group) is 1. The van der Waals surface area contributed by atoms with Crippen LogP contribution in [-0.2, 0) is 14.6 Å². The summed E-state index contributed by atoms with van der Waals surface area (Å²) in [5.41, 5.74) is 0.651. The Morgan fingerprint density at radius 3 is 2.73 bits per heavy atom. The van der Waals surface area contributed by atoms with E-state index < -0.39 is 9.84 Å². The third-order valence-corrected chi connectivity index (χ3v) is 5.97. The first-order chi connectivity index (χ1) is 10.3. The van der Waals surface area contributed by atoms with E-state index in [1.54, 1.807) is 29.2 Å².